The van der Waals surface area contributed by atoms with Gasteiger partial charge >= 0.3 is 5.97 Å². The highest BCUT2D eigenvalue weighted by molar-refractivity contribution is 5.85. The fourth-order valence-corrected chi connectivity index (χ4v) is 4.22. The number of carbonyl (C=O) groups excluding carboxylic acids is 1. The van der Waals surface area contributed by atoms with Crippen LogP contribution in [0.15, 0.2) is 18.2 Å². The number of nitrogens with one attached hydrogen (secondary N) is 1. The molecule has 0 aromatic heterocycles. The summed E-state index contributed by atoms with van der Waals surface area (Å²) in [6, 6.07) is 6.90. The summed E-state index contributed by atoms with van der Waals surface area (Å²) in [5, 5.41) is 3.46. The lowest BCUT2D eigenvalue weighted by molar-refractivity contribution is -0.144. The molecule has 1 unspecified atom stereocenters. The van der Waals surface area contributed by atoms with E-state index in [4.69, 9.17) is 4.74 Å². The Labute approximate surface area is 152 Å². The number of hydrogen-bond acceptors (Lipinski definition) is 3. The van der Waals surface area contributed by atoms with Gasteiger partial charge in [0.1, 0.15) is 0 Å². The maximum Gasteiger partial charge on any atom is 0.306 e. The van der Waals surface area contributed by atoms with E-state index in [0.717, 1.165) is 19.5 Å². The summed E-state index contributed by atoms with van der Waals surface area (Å²) in [7, 11) is 0. The van der Waals surface area contributed by atoms with Crippen LogP contribution in [0, 0.1) is 5.92 Å². The molecule has 2 aliphatic rings. The van der Waals surface area contributed by atoms with Crippen molar-refractivity contribution in [2.24, 2.45) is 5.92 Å². The summed E-state index contributed by atoms with van der Waals surface area (Å²) in [6.45, 7) is 4.39. The summed E-state index contributed by atoms with van der Waals surface area (Å²) in [5.41, 5.74) is 4.22. The number of fused-ring (bicyclic) bond motifs is 1. The molecule has 0 saturated heterocycles. The summed E-state index contributed by atoms with van der Waals surface area (Å²) < 4.78 is 5.25. The molecule has 3 rings (SSSR count). The van der Waals surface area contributed by atoms with Crippen molar-refractivity contribution in [2.75, 3.05) is 13.2 Å². The Bertz CT molecular complexity index is 540. The minimum Gasteiger partial charge on any atom is -0.466 e. The van der Waals surface area contributed by atoms with E-state index in [1.165, 1.54) is 48.8 Å². The molecule has 1 aromatic rings. The Hall–Kier alpha value is -1.06. The molecule has 0 amide bonds. The van der Waals surface area contributed by atoms with Crippen molar-refractivity contribution in [1.82, 2.24) is 5.32 Å². The Morgan fingerprint density at radius 1 is 1.25 bits per heavy atom. The van der Waals surface area contributed by atoms with Gasteiger partial charge in [-0.3, -0.25) is 4.79 Å². The summed E-state index contributed by atoms with van der Waals surface area (Å²) >= 11 is 0. The zero-order valence-corrected chi connectivity index (χ0v) is 15.5. The molecule has 24 heavy (non-hydrogen) atoms. The van der Waals surface area contributed by atoms with Gasteiger partial charge in [0, 0.05) is 6.54 Å². The first kappa shape index (κ1) is 19.3. The van der Waals surface area contributed by atoms with Gasteiger partial charge in [-0.25, -0.2) is 0 Å². The van der Waals surface area contributed by atoms with E-state index in [1.807, 2.05) is 6.92 Å². The highest BCUT2D eigenvalue weighted by Gasteiger charge is 2.28. The average Bonchev–Trinajstić information content (AvgIpc) is 2.60. The van der Waals surface area contributed by atoms with Crippen LogP contribution in [0.5, 0.6) is 0 Å². The average molecular weight is 352 g/mol. The van der Waals surface area contributed by atoms with Crippen LogP contribution in [0.3, 0.4) is 0 Å². The minimum atomic E-state index is -0.0427. The number of rotatable bonds is 5. The van der Waals surface area contributed by atoms with E-state index in [2.05, 4.69) is 23.5 Å². The monoisotopic (exact) mass is 351 g/mol. The molecule has 1 N–H and O–H groups in total. The van der Waals surface area contributed by atoms with E-state index >= 15 is 0 Å². The molecule has 0 spiro atoms. The number of esters is 1. The molecule has 1 aliphatic carbocycles. The predicted molar refractivity (Wildman–Crippen MR) is 99.7 cm³/mol. The molecule has 134 valence electrons. The maximum absolute atomic E-state index is 12.1. The first-order chi connectivity index (χ1) is 11.3. The van der Waals surface area contributed by atoms with Gasteiger partial charge in [-0.1, -0.05) is 37.5 Å². The van der Waals surface area contributed by atoms with Crippen molar-refractivity contribution < 1.29 is 9.53 Å². The van der Waals surface area contributed by atoms with Gasteiger partial charge < -0.3 is 10.1 Å². The molecule has 4 heteroatoms. The number of benzene rings is 1. The fraction of sp³-hybridized carbons (Fsp3) is 0.650. The smallest absolute Gasteiger partial charge is 0.306 e. The van der Waals surface area contributed by atoms with E-state index in [9.17, 15) is 4.79 Å². The van der Waals surface area contributed by atoms with Crippen LogP contribution in [0.2, 0.25) is 0 Å². The summed E-state index contributed by atoms with van der Waals surface area (Å²) in [4.78, 5) is 12.1. The predicted octanol–water partition coefficient (Wildman–Crippen LogP) is 4.37. The molecule has 1 aliphatic heterocycles. The van der Waals surface area contributed by atoms with E-state index in [1.54, 1.807) is 0 Å². The van der Waals surface area contributed by atoms with Crippen LogP contribution >= 0.6 is 12.4 Å². The molecular weight excluding hydrogens is 322 g/mol. The zero-order valence-electron chi connectivity index (χ0n) is 14.7. The molecular formula is C20H30ClNO2. The van der Waals surface area contributed by atoms with Gasteiger partial charge in [-0.15, -0.1) is 12.4 Å². The van der Waals surface area contributed by atoms with Gasteiger partial charge in [0.2, 0.25) is 0 Å². The Balaban J connectivity index is 0.00000208. The first-order valence-electron chi connectivity index (χ1n) is 9.26. The molecule has 1 heterocycles. The van der Waals surface area contributed by atoms with Crippen molar-refractivity contribution >= 4 is 18.4 Å². The van der Waals surface area contributed by atoms with E-state index in [-0.39, 0.29) is 18.4 Å². The molecule has 1 saturated carbocycles. The third-order valence-corrected chi connectivity index (χ3v) is 5.46. The summed E-state index contributed by atoms with van der Waals surface area (Å²) in [5.74, 6) is 0.906. The van der Waals surface area contributed by atoms with Gasteiger partial charge in [-0.05, 0) is 61.3 Å². The van der Waals surface area contributed by atoms with Crippen LogP contribution in [0.4, 0.5) is 0 Å². The summed E-state index contributed by atoms with van der Waals surface area (Å²) in [6.07, 6.45) is 8.09. The van der Waals surface area contributed by atoms with Crippen LogP contribution in [-0.4, -0.2) is 19.1 Å². The maximum atomic E-state index is 12.1. The Morgan fingerprint density at radius 2 is 2.04 bits per heavy atom. The number of hydrogen-bond donors (Lipinski definition) is 1. The van der Waals surface area contributed by atoms with E-state index in [0.29, 0.717) is 24.9 Å². The second-order valence-corrected chi connectivity index (χ2v) is 6.97. The van der Waals surface area contributed by atoms with Gasteiger partial charge in [0.15, 0.2) is 0 Å². The van der Waals surface area contributed by atoms with Gasteiger partial charge in [0.05, 0.1) is 13.0 Å². The highest BCUT2D eigenvalue weighted by Crippen LogP contribution is 2.39. The molecule has 3 nitrogen and oxygen atoms in total. The number of carbonyl (C=O) groups is 1. The molecule has 1 aromatic carbocycles. The number of halogens is 1. The van der Waals surface area contributed by atoms with Crippen molar-refractivity contribution in [3.8, 4) is 0 Å². The Morgan fingerprint density at radius 3 is 2.79 bits per heavy atom. The topological polar surface area (TPSA) is 38.3 Å². The standard InChI is InChI=1S/C20H29NO2.ClH/c1-2-23-20(22)13-19(16-6-4-3-5-7-16)17-9-8-15-10-11-21-14-18(15)12-17;/h8-9,12,16,19,21H,2-7,10-11,13-14H2,1H3;1H. The highest BCUT2D eigenvalue weighted by atomic mass is 35.5. The lowest BCUT2D eigenvalue weighted by atomic mass is 9.74. The third-order valence-electron chi connectivity index (χ3n) is 5.46. The van der Waals surface area contributed by atoms with Crippen LogP contribution in [0.25, 0.3) is 0 Å². The van der Waals surface area contributed by atoms with E-state index < -0.39 is 0 Å². The molecule has 1 atom stereocenters. The molecule has 0 bridgehead atoms. The Kier molecular flexibility index (Phi) is 7.57. The van der Waals surface area contributed by atoms with Gasteiger partial charge in [0.25, 0.3) is 0 Å². The second kappa shape index (κ2) is 9.43. The van der Waals surface area contributed by atoms with Gasteiger partial charge in [-0.2, -0.15) is 0 Å². The van der Waals surface area contributed by atoms with Crippen LogP contribution in [0.1, 0.15) is 68.1 Å². The first-order valence-corrected chi connectivity index (χ1v) is 9.26. The largest absolute Gasteiger partial charge is 0.466 e. The molecule has 1 fully saturated rings. The van der Waals surface area contributed by atoms with Crippen LogP contribution < -0.4 is 5.32 Å². The number of ether oxygens (including phenoxy) is 1. The van der Waals surface area contributed by atoms with Crippen molar-refractivity contribution in [3.63, 3.8) is 0 Å². The minimum absolute atomic E-state index is 0. The van der Waals surface area contributed by atoms with Crippen molar-refractivity contribution in [3.05, 3.63) is 34.9 Å². The lowest BCUT2D eigenvalue weighted by Gasteiger charge is -2.31. The molecule has 0 radical (unpaired) electrons. The SMILES string of the molecule is CCOC(=O)CC(c1ccc2c(c1)CNCC2)C1CCCCC1.Cl. The quantitative estimate of drug-likeness (QED) is 0.800. The fourth-order valence-electron chi connectivity index (χ4n) is 4.22. The normalized spacial score (nSPS) is 19.0. The van der Waals surface area contributed by atoms with Crippen molar-refractivity contribution in [1.29, 1.82) is 0 Å². The second-order valence-electron chi connectivity index (χ2n) is 6.97. The zero-order chi connectivity index (χ0) is 16.1. The van der Waals surface area contributed by atoms with Crippen molar-refractivity contribution in [2.45, 2.75) is 64.3 Å². The van der Waals surface area contributed by atoms with Crippen LogP contribution in [-0.2, 0) is 22.5 Å². The lowest BCUT2D eigenvalue weighted by Crippen LogP contribution is -2.25. The third kappa shape index (κ3) is 4.73.